The number of hydrogen-bond donors (Lipinski definition) is 6. The van der Waals surface area contributed by atoms with E-state index in [0.29, 0.717) is 0 Å². The zero-order valence-corrected chi connectivity index (χ0v) is 14.5. The number of carboxylic acids is 3. The average Bonchev–Trinajstić information content (AvgIpc) is 2.14. The summed E-state index contributed by atoms with van der Waals surface area (Å²) in [6.45, 7) is 0. The van der Waals surface area contributed by atoms with Crippen LogP contribution in [0.4, 0.5) is 39.5 Å². The van der Waals surface area contributed by atoms with Gasteiger partial charge in [0.1, 0.15) is 17.9 Å². The van der Waals surface area contributed by atoms with Crippen LogP contribution in [0.1, 0.15) is 0 Å². The molecule has 28 heavy (non-hydrogen) atoms. The molecule has 12 nitrogen and oxygen atoms in total. The number of aliphatic carboxylic acids is 3. The molecule has 180 valence electrons. The van der Waals surface area contributed by atoms with Gasteiger partial charge in [-0.3, -0.25) is 0 Å². The molecule has 0 spiro atoms. The van der Waals surface area contributed by atoms with Crippen molar-refractivity contribution in [2.45, 2.75) is 18.5 Å². The third kappa shape index (κ3) is 49.6. The Morgan fingerprint density at radius 3 is 0.464 bits per heavy atom. The molecule has 0 heterocycles. The Labute approximate surface area is 160 Å². The number of hydrogen-bond acceptors (Lipinski definition) is 12. The maximum absolute atomic E-state index is 10.5. The molecule has 18 N–H and O–H groups in total. The van der Waals surface area contributed by atoms with Gasteiger partial charge in [0.15, 0.2) is 0 Å². The molecule has 0 aliphatic rings. The molecule has 0 amide bonds. The molecule has 0 aromatic heterocycles. The van der Waals surface area contributed by atoms with Crippen LogP contribution < -0.4 is 52.2 Å². The minimum atomic E-state index is -5.19. The van der Waals surface area contributed by atoms with Crippen molar-refractivity contribution in [3.63, 3.8) is 0 Å². The molecule has 0 radical (unpaired) electrons. The number of carbonyl (C=O) groups excluding carboxylic acids is 3. The number of carboxylic acid groups (broad SMARTS) is 3. The fourth-order valence-corrected chi connectivity index (χ4v) is 0. The quantitative estimate of drug-likeness (QED) is 0.215. The van der Waals surface area contributed by atoms with Gasteiger partial charge >= 0.3 is 35.3 Å². The third-order valence-corrected chi connectivity index (χ3v) is 0.694. The van der Waals surface area contributed by atoms with Crippen LogP contribution in [0, 0.1) is 0 Å². The molecule has 0 aromatic rings. The van der Waals surface area contributed by atoms with E-state index in [1.165, 1.54) is 0 Å². The first-order valence-electron chi connectivity index (χ1n) is 3.68. The molecule has 0 unspecified atom stereocenters. The van der Waals surface area contributed by atoms with E-state index in [1.54, 1.807) is 0 Å². The van der Waals surface area contributed by atoms with Crippen molar-refractivity contribution in [3.05, 3.63) is 0 Å². The molecule has 0 aromatic carbocycles. The molecule has 22 heteroatoms. The first-order chi connectivity index (χ1) is 8.83. The van der Waals surface area contributed by atoms with Gasteiger partial charge in [-0.2, -0.15) is 39.5 Å². The zero-order chi connectivity index (χ0) is 18.2. The fourth-order valence-electron chi connectivity index (χ4n) is 0. The molecule has 0 fully saturated rings. The summed E-state index contributed by atoms with van der Waals surface area (Å²) in [6, 6.07) is 0. The standard InChI is InChI=1S/3C2HF3O2.Co.6H3N/c3*3-2(4,5)1(6)7;;;;;;;/h3*(H,6,7);;6*1H3/q;;;+3;;;;;;/p-3. The molecule has 0 atom stereocenters. The first kappa shape index (κ1) is 63.5. The smallest absolute Gasteiger partial charge is 0.542 e. The van der Waals surface area contributed by atoms with E-state index in [0.717, 1.165) is 0 Å². The van der Waals surface area contributed by atoms with Gasteiger partial charge in [0.05, 0.1) is 0 Å². The fraction of sp³-hybridized carbons (Fsp3) is 0.500. The van der Waals surface area contributed by atoms with Crippen molar-refractivity contribution in [2.24, 2.45) is 0 Å². The summed E-state index contributed by atoms with van der Waals surface area (Å²) < 4.78 is 94.6. The average molecular weight is 500 g/mol. The topological polar surface area (TPSA) is 330 Å². The molecule has 0 aliphatic carbocycles. The molecule has 0 rings (SSSR count). The number of halogens is 9. The second-order valence-corrected chi connectivity index (χ2v) is 2.36. The summed E-state index contributed by atoms with van der Waals surface area (Å²) in [7, 11) is 0. The zero-order valence-electron chi connectivity index (χ0n) is 13.4. The molecular formula is C6H18CoF9N6O6. The summed E-state index contributed by atoms with van der Waals surface area (Å²) >= 11 is 0. The third-order valence-electron chi connectivity index (χ3n) is 0.694. The van der Waals surface area contributed by atoms with Gasteiger partial charge in [0.2, 0.25) is 0 Å². The second kappa shape index (κ2) is 23.1. The van der Waals surface area contributed by atoms with Gasteiger partial charge in [0, 0.05) is 0 Å². The Balaban J connectivity index is -0.0000000193. The summed E-state index contributed by atoms with van der Waals surface area (Å²) in [5.41, 5.74) is 0. The van der Waals surface area contributed by atoms with Crippen LogP contribution in [0.5, 0.6) is 0 Å². The number of rotatable bonds is 0. The number of alkyl halides is 9. The summed E-state index contributed by atoms with van der Waals surface area (Å²) in [5.74, 6) is -9.02. The Morgan fingerprint density at radius 2 is 0.464 bits per heavy atom. The van der Waals surface area contributed by atoms with Crippen LogP contribution in [0.15, 0.2) is 0 Å². The minimum Gasteiger partial charge on any atom is -0.542 e. The van der Waals surface area contributed by atoms with Crippen LogP contribution in [0.25, 0.3) is 0 Å². The van der Waals surface area contributed by atoms with E-state index in [4.69, 9.17) is 29.7 Å². The van der Waals surface area contributed by atoms with Crippen molar-refractivity contribution < 1.29 is 86.0 Å². The predicted octanol–water partition coefficient (Wildman–Crippen LogP) is -1.13. The molecule has 0 aliphatic heterocycles. The maximum Gasteiger partial charge on any atom is 3.00 e. The van der Waals surface area contributed by atoms with Gasteiger partial charge in [-0.1, -0.05) is 0 Å². The van der Waals surface area contributed by atoms with E-state index in [9.17, 15) is 39.5 Å². The second-order valence-electron chi connectivity index (χ2n) is 2.36. The molecule has 0 saturated carbocycles. The largest absolute Gasteiger partial charge is 3.00 e. The SMILES string of the molecule is N.N.N.N.N.N.O=C([O-])C(F)(F)F.O=C([O-])C(F)(F)F.O=C([O-])C(F)(F)F.[Co+3]. The van der Waals surface area contributed by atoms with Crippen molar-refractivity contribution in [1.82, 2.24) is 36.9 Å². The van der Waals surface area contributed by atoms with Crippen molar-refractivity contribution in [3.8, 4) is 0 Å². The van der Waals surface area contributed by atoms with Crippen LogP contribution in [0.2, 0.25) is 0 Å². The van der Waals surface area contributed by atoms with Gasteiger partial charge in [-0.25, -0.2) is 0 Å². The summed E-state index contributed by atoms with van der Waals surface area (Å²) in [4.78, 5) is 26.4. The van der Waals surface area contributed by atoms with E-state index in [1.807, 2.05) is 0 Å². The van der Waals surface area contributed by atoms with Crippen molar-refractivity contribution in [2.75, 3.05) is 0 Å². The summed E-state index contributed by atoms with van der Waals surface area (Å²) in [6.07, 6.45) is -15.6. The monoisotopic (exact) mass is 500 g/mol. The van der Waals surface area contributed by atoms with Gasteiger partial charge < -0.3 is 66.6 Å². The molecule has 0 bridgehead atoms. The molecular weight excluding hydrogens is 482 g/mol. The Kier molecular flexibility index (Phi) is 52.3. The van der Waals surface area contributed by atoms with Crippen molar-refractivity contribution >= 4 is 17.9 Å². The van der Waals surface area contributed by atoms with E-state index in [2.05, 4.69) is 0 Å². The first-order valence-corrected chi connectivity index (χ1v) is 3.68. The Hall–Kier alpha value is -1.95. The number of carbonyl (C=O) groups is 3. The van der Waals surface area contributed by atoms with E-state index < -0.39 is 36.4 Å². The van der Waals surface area contributed by atoms with Crippen LogP contribution in [0.3, 0.4) is 0 Å². The van der Waals surface area contributed by atoms with Gasteiger partial charge in [0.25, 0.3) is 0 Å². The van der Waals surface area contributed by atoms with Crippen LogP contribution in [-0.2, 0) is 31.2 Å². The van der Waals surface area contributed by atoms with Crippen molar-refractivity contribution in [1.29, 1.82) is 0 Å². The van der Waals surface area contributed by atoms with Gasteiger partial charge in [-0.05, 0) is 0 Å². The Morgan fingerprint density at radius 1 is 0.429 bits per heavy atom. The van der Waals surface area contributed by atoms with Crippen LogP contribution in [-0.4, -0.2) is 36.4 Å². The van der Waals surface area contributed by atoms with Gasteiger partial charge in [-0.15, -0.1) is 0 Å². The van der Waals surface area contributed by atoms with Crippen LogP contribution >= 0.6 is 0 Å². The Bertz CT molecular complexity index is 334. The molecule has 0 saturated heterocycles. The van der Waals surface area contributed by atoms with E-state index in [-0.39, 0.29) is 53.7 Å². The maximum atomic E-state index is 10.5. The predicted molar refractivity (Wildman–Crippen MR) is 63.3 cm³/mol. The normalized spacial score (nSPS) is 8.46. The minimum absolute atomic E-state index is 0. The summed E-state index contributed by atoms with van der Waals surface area (Å²) in [5, 5.41) is 26.4. The van der Waals surface area contributed by atoms with E-state index >= 15 is 0 Å².